The summed E-state index contributed by atoms with van der Waals surface area (Å²) in [5.74, 6) is -4.91. The molecule has 2 rings (SSSR count). The molecule has 0 saturated carbocycles. The van der Waals surface area contributed by atoms with Gasteiger partial charge in [0.25, 0.3) is 0 Å². The second-order valence-corrected chi connectivity index (χ2v) is 8.99. The Morgan fingerprint density at radius 2 is 1.18 bits per heavy atom. The summed E-state index contributed by atoms with van der Waals surface area (Å²) in [6, 6.07) is 13.3. The predicted molar refractivity (Wildman–Crippen MR) is 142 cm³/mol. The van der Waals surface area contributed by atoms with Gasteiger partial charge in [0.2, 0.25) is 17.7 Å². The largest absolute Gasteiger partial charge is 0.481 e. The van der Waals surface area contributed by atoms with Crippen molar-refractivity contribution in [2.24, 2.45) is 5.73 Å². The molecule has 0 saturated heterocycles. The fraction of sp³-hybridized carbons (Fsp3) is 0.346. The van der Waals surface area contributed by atoms with Crippen LogP contribution in [0.5, 0.6) is 0 Å². The van der Waals surface area contributed by atoms with Gasteiger partial charge >= 0.3 is 11.9 Å². The average Bonchev–Trinajstić information content (AvgIpc) is 2.89. The van der Waals surface area contributed by atoms with Crippen LogP contribution >= 0.6 is 12.6 Å². The van der Waals surface area contributed by atoms with E-state index in [0.29, 0.717) is 0 Å². The molecule has 0 aromatic heterocycles. The van der Waals surface area contributed by atoms with Crippen LogP contribution in [-0.4, -0.2) is 69.8 Å². The van der Waals surface area contributed by atoms with E-state index >= 15 is 0 Å². The molecule has 11 nitrogen and oxygen atoms in total. The topological polar surface area (TPSA) is 188 Å². The maximum Gasteiger partial charge on any atom is 0.326 e. The molecule has 204 valence electrons. The van der Waals surface area contributed by atoms with Gasteiger partial charge in [0.1, 0.15) is 18.1 Å². The number of carbonyl (C=O) groups excluding carboxylic acids is 3. The zero-order chi connectivity index (χ0) is 28.1. The minimum atomic E-state index is -1.46. The Balaban J connectivity index is 2.12. The molecular formula is C26H32N4O7S. The van der Waals surface area contributed by atoms with Crippen molar-refractivity contribution in [1.82, 2.24) is 16.0 Å². The van der Waals surface area contributed by atoms with E-state index in [2.05, 4.69) is 28.6 Å². The van der Waals surface area contributed by atoms with Crippen molar-refractivity contribution in [1.29, 1.82) is 0 Å². The third kappa shape index (κ3) is 10.2. The van der Waals surface area contributed by atoms with E-state index in [1.54, 1.807) is 30.3 Å². The molecule has 0 bridgehead atoms. The highest BCUT2D eigenvalue weighted by atomic mass is 32.1. The third-order valence-electron chi connectivity index (χ3n) is 5.63. The van der Waals surface area contributed by atoms with E-state index in [-0.39, 0.29) is 25.0 Å². The standard InChI is InChI=1S/C26H32N4O7S/c27-18(13-16-7-3-1-4-8-16)23(33)29-20(14-17-9-5-2-6-10-17)24(34)30-21(15-38)25(35)28-19(26(36)37)11-12-22(31)32/h1-10,18-21,38H,11-15,27H2,(H,28,35)(H,29,33)(H,30,34)(H,31,32)(H,36,37). The summed E-state index contributed by atoms with van der Waals surface area (Å²) in [4.78, 5) is 61.0. The number of thiol groups is 1. The number of carboxylic acid groups (broad SMARTS) is 2. The number of rotatable bonds is 15. The Labute approximate surface area is 225 Å². The Kier molecular flexibility index (Phi) is 12.3. The number of nitrogens with one attached hydrogen (secondary N) is 3. The molecule has 2 aromatic carbocycles. The summed E-state index contributed by atoms with van der Waals surface area (Å²) in [6.45, 7) is 0. The molecule has 0 fully saturated rings. The van der Waals surface area contributed by atoms with Crippen molar-refractivity contribution in [2.75, 3.05) is 5.75 Å². The quantitative estimate of drug-likeness (QED) is 0.154. The fourth-order valence-corrected chi connectivity index (χ4v) is 3.82. The number of amides is 3. The number of hydrogen-bond acceptors (Lipinski definition) is 7. The molecule has 0 aliphatic rings. The van der Waals surface area contributed by atoms with Crippen molar-refractivity contribution in [2.45, 2.75) is 49.9 Å². The first-order chi connectivity index (χ1) is 18.1. The van der Waals surface area contributed by atoms with Gasteiger partial charge in [-0.15, -0.1) is 0 Å². The van der Waals surface area contributed by atoms with Gasteiger partial charge in [-0.05, 0) is 24.0 Å². The zero-order valence-corrected chi connectivity index (χ0v) is 21.5. The van der Waals surface area contributed by atoms with Crippen molar-refractivity contribution in [3.8, 4) is 0 Å². The van der Waals surface area contributed by atoms with Crippen LogP contribution in [0.4, 0.5) is 0 Å². The van der Waals surface area contributed by atoms with E-state index in [9.17, 15) is 29.1 Å². The monoisotopic (exact) mass is 544 g/mol. The number of nitrogens with two attached hydrogens (primary N) is 1. The van der Waals surface area contributed by atoms with Crippen LogP contribution in [0.2, 0.25) is 0 Å². The Hall–Kier alpha value is -3.90. The van der Waals surface area contributed by atoms with Gasteiger partial charge in [0.05, 0.1) is 6.04 Å². The lowest BCUT2D eigenvalue weighted by atomic mass is 10.0. The Bertz CT molecular complexity index is 1100. The first kappa shape index (κ1) is 30.3. The highest BCUT2D eigenvalue weighted by Gasteiger charge is 2.30. The average molecular weight is 545 g/mol. The van der Waals surface area contributed by atoms with Gasteiger partial charge in [0.15, 0.2) is 0 Å². The minimum Gasteiger partial charge on any atom is -0.481 e. The third-order valence-corrected chi connectivity index (χ3v) is 5.99. The molecule has 0 aliphatic carbocycles. The Morgan fingerprint density at radius 3 is 1.68 bits per heavy atom. The summed E-state index contributed by atoms with van der Waals surface area (Å²) in [7, 11) is 0. The molecule has 0 radical (unpaired) electrons. The number of carbonyl (C=O) groups is 5. The number of hydrogen-bond donors (Lipinski definition) is 7. The molecule has 12 heteroatoms. The van der Waals surface area contributed by atoms with Crippen LogP contribution in [0.3, 0.4) is 0 Å². The van der Waals surface area contributed by atoms with Crippen LogP contribution in [0.1, 0.15) is 24.0 Å². The fourth-order valence-electron chi connectivity index (χ4n) is 3.56. The molecule has 0 heterocycles. The number of carboxylic acids is 2. The molecule has 0 aliphatic heterocycles. The van der Waals surface area contributed by atoms with E-state index in [1.165, 1.54) is 0 Å². The van der Waals surface area contributed by atoms with Crippen LogP contribution in [0.25, 0.3) is 0 Å². The molecular weight excluding hydrogens is 512 g/mol. The molecule has 3 amide bonds. The highest BCUT2D eigenvalue weighted by Crippen LogP contribution is 2.07. The maximum atomic E-state index is 13.2. The van der Waals surface area contributed by atoms with Crippen molar-refractivity contribution < 1.29 is 34.2 Å². The van der Waals surface area contributed by atoms with Gasteiger partial charge in [-0.25, -0.2) is 4.79 Å². The highest BCUT2D eigenvalue weighted by molar-refractivity contribution is 7.80. The summed E-state index contributed by atoms with van der Waals surface area (Å²) in [6.07, 6.45) is -0.451. The van der Waals surface area contributed by atoms with Crippen molar-refractivity contribution >= 4 is 42.3 Å². The van der Waals surface area contributed by atoms with Gasteiger partial charge in [0, 0.05) is 18.6 Å². The molecule has 7 N–H and O–H groups in total. The summed E-state index contributed by atoms with van der Waals surface area (Å²) >= 11 is 4.09. The minimum absolute atomic E-state index is 0.105. The normalized spacial score (nSPS) is 13.8. The maximum absolute atomic E-state index is 13.2. The summed E-state index contributed by atoms with van der Waals surface area (Å²) in [5, 5.41) is 25.5. The van der Waals surface area contributed by atoms with Crippen LogP contribution in [-0.2, 0) is 36.8 Å². The smallest absolute Gasteiger partial charge is 0.326 e. The van der Waals surface area contributed by atoms with E-state index in [0.717, 1.165) is 11.1 Å². The van der Waals surface area contributed by atoms with E-state index in [1.807, 2.05) is 30.3 Å². The van der Waals surface area contributed by atoms with E-state index < -0.39 is 60.2 Å². The van der Waals surface area contributed by atoms with Crippen LogP contribution in [0.15, 0.2) is 60.7 Å². The van der Waals surface area contributed by atoms with Crippen molar-refractivity contribution in [3.05, 3.63) is 71.8 Å². The molecule has 0 spiro atoms. The predicted octanol–water partition coefficient (Wildman–Crippen LogP) is 0.133. The molecule has 38 heavy (non-hydrogen) atoms. The van der Waals surface area contributed by atoms with Crippen LogP contribution < -0.4 is 21.7 Å². The summed E-state index contributed by atoms with van der Waals surface area (Å²) in [5.41, 5.74) is 7.68. The molecule has 2 aromatic rings. The first-order valence-corrected chi connectivity index (χ1v) is 12.5. The Morgan fingerprint density at radius 1 is 0.711 bits per heavy atom. The first-order valence-electron chi connectivity index (χ1n) is 11.9. The second-order valence-electron chi connectivity index (χ2n) is 8.62. The molecule has 4 unspecified atom stereocenters. The van der Waals surface area contributed by atoms with Gasteiger partial charge in [-0.2, -0.15) is 12.6 Å². The SMILES string of the molecule is NC(Cc1ccccc1)C(=O)NC(Cc1ccccc1)C(=O)NC(CS)C(=O)NC(CCC(=O)O)C(=O)O. The zero-order valence-electron chi connectivity index (χ0n) is 20.6. The van der Waals surface area contributed by atoms with Gasteiger partial charge in [-0.3, -0.25) is 19.2 Å². The van der Waals surface area contributed by atoms with Crippen molar-refractivity contribution in [3.63, 3.8) is 0 Å². The lowest BCUT2D eigenvalue weighted by Gasteiger charge is -2.24. The van der Waals surface area contributed by atoms with Crippen LogP contribution in [0, 0.1) is 0 Å². The molecule has 4 atom stereocenters. The lowest BCUT2D eigenvalue weighted by Crippen LogP contribution is -2.58. The number of benzene rings is 2. The lowest BCUT2D eigenvalue weighted by molar-refractivity contribution is -0.143. The number of aliphatic carboxylic acids is 2. The van der Waals surface area contributed by atoms with E-state index in [4.69, 9.17) is 10.8 Å². The summed E-state index contributed by atoms with van der Waals surface area (Å²) < 4.78 is 0. The van der Waals surface area contributed by atoms with Gasteiger partial charge in [-0.1, -0.05) is 60.7 Å². The van der Waals surface area contributed by atoms with Gasteiger partial charge < -0.3 is 31.9 Å². The second kappa shape index (κ2) is 15.4.